The van der Waals surface area contributed by atoms with Crippen molar-refractivity contribution in [1.82, 2.24) is 5.16 Å². The average Bonchev–Trinajstić information content (AvgIpc) is 3.08. The molecule has 1 heterocycles. The number of aromatic hydroxyl groups is 2. The number of sulfonamides is 1. The molecule has 0 saturated heterocycles. The summed E-state index contributed by atoms with van der Waals surface area (Å²) in [6, 6.07) is 23.3. The van der Waals surface area contributed by atoms with Gasteiger partial charge < -0.3 is 20.5 Å². The Bertz CT molecular complexity index is 1160. The van der Waals surface area contributed by atoms with Crippen LogP contribution in [-0.4, -0.2) is 23.8 Å². The number of nitrogens with one attached hydrogen (secondary N) is 1. The van der Waals surface area contributed by atoms with Crippen LogP contribution in [0.3, 0.4) is 0 Å². The maximum absolute atomic E-state index is 12.0. The lowest BCUT2D eigenvalue weighted by Gasteiger charge is -2.05. The molecule has 0 fully saturated rings. The second-order valence-corrected chi connectivity index (χ2v) is 8.25. The molecule has 4 aromatic rings. The van der Waals surface area contributed by atoms with Crippen molar-refractivity contribution in [3.8, 4) is 11.5 Å². The largest absolute Gasteiger partial charge is 0.508 e. The summed E-state index contributed by atoms with van der Waals surface area (Å²) in [6.07, 6.45) is 0. The number of phenols is 2. The van der Waals surface area contributed by atoms with Gasteiger partial charge >= 0.3 is 0 Å². The Morgan fingerprint density at radius 1 is 0.812 bits per heavy atom. The number of nitrogen functional groups attached to an aromatic ring is 1. The first-order chi connectivity index (χ1) is 15.2. The number of nitrogens with zero attached hydrogens (tertiary/aromatic N) is 1. The van der Waals surface area contributed by atoms with E-state index in [2.05, 4.69) is 9.88 Å². The van der Waals surface area contributed by atoms with Crippen molar-refractivity contribution < 1.29 is 23.2 Å². The molecule has 5 N–H and O–H groups in total. The fraction of sp³-hybridized carbons (Fsp3) is 0.0870. The van der Waals surface area contributed by atoms with Crippen molar-refractivity contribution in [3.05, 3.63) is 96.2 Å². The fourth-order valence-corrected chi connectivity index (χ4v) is 3.24. The average molecular weight is 456 g/mol. The molecule has 3 aromatic carbocycles. The van der Waals surface area contributed by atoms with Gasteiger partial charge in [-0.3, -0.25) is 0 Å². The van der Waals surface area contributed by atoms with Crippen LogP contribution in [0, 0.1) is 13.8 Å². The van der Waals surface area contributed by atoms with Crippen molar-refractivity contribution in [2.75, 3.05) is 10.5 Å². The molecule has 168 valence electrons. The highest BCUT2D eigenvalue weighted by Gasteiger charge is 2.18. The zero-order valence-electron chi connectivity index (χ0n) is 17.6. The first-order valence-corrected chi connectivity index (χ1v) is 11.0. The number of phenolic OH excluding ortho intramolecular Hbond substituents is 2. The zero-order chi connectivity index (χ0) is 23.6. The van der Waals surface area contributed by atoms with E-state index >= 15 is 0 Å². The minimum Gasteiger partial charge on any atom is -0.508 e. The molecule has 0 atom stereocenters. The van der Waals surface area contributed by atoms with Crippen LogP contribution < -0.4 is 10.5 Å². The van der Waals surface area contributed by atoms with Crippen LogP contribution in [0.25, 0.3) is 0 Å². The van der Waals surface area contributed by atoms with Crippen LogP contribution in [0.5, 0.6) is 11.5 Å². The third-order valence-electron chi connectivity index (χ3n) is 4.09. The van der Waals surface area contributed by atoms with E-state index in [1.807, 2.05) is 12.1 Å². The Morgan fingerprint density at radius 3 is 1.62 bits per heavy atom. The molecule has 0 aliphatic carbocycles. The molecule has 4 rings (SSSR count). The Balaban J connectivity index is 0.000000211. The van der Waals surface area contributed by atoms with Crippen LogP contribution in [0.4, 0.5) is 11.6 Å². The summed E-state index contributed by atoms with van der Waals surface area (Å²) in [7, 11) is -3.68. The number of aryl methyl sites for hydroxylation is 1. The van der Waals surface area contributed by atoms with Crippen molar-refractivity contribution in [3.63, 3.8) is 0 Å². The number of benzene rings is 3. The standard InChI is InChI=1S/C11H13N3O3S.2C6H6O/c1-7-8(2)13-17-11(7)14-18(15,16)10-5-3-9(12)4-6-10;2*7-6-4-2-1-3-5-6/h3-6,14H,12H2,1-2H3;2*1-5,7H. The molecule has 0 spiro atoms. The first kappa shape index (κ1) is 24.3. The van der Waals surface area contributed by atoms with Crippen molar-refractivity contribution in [2.24, 2.45) is 0 Å². The highest BCUT2D eigenvalue weighted by molar-refractivity contribution is 7.92. The summed E-state index contributed by atoms with van der Waals surface area (Å²) < 4.78 is 31.3. The molecule has 0 saturated carbocycles. The third-order valence-corrected chi connectivity index (χ3v) is 5.43. The summed E-state index contributed by atoms with van der Waals surface area (Å²) in [5.41, 5.74) is 7.31. The van der Waals surface area contributed by atoms with E-state index in [9.17, 15) is 8.42 Å². The first-order valence-electron chi connectivity index (χ1n) is 9.48. The molecule has 0 radical (unpaired) electrons. The fourth-order valence-electron chi connectivity index (χ4n) is 2.19. The second-order valence-electron chi connectivity index (χ2n) is 6.57. The molecule has 0 bridgehead atoms. The number of anilines is 2. The monoisotopic (exact) mass is 455 g/mol. The van der Waals surface area contributed by atoms with E-state index in [1.54, 1.807) is 62.4 Å². The number of para-hydroxylation sites is 2. The van der Waals surface area contributed by atoms with Gasteiger partial charge in [-0.1, -0.05) is 41.6 Å². The molecular formula is C23H25N3O5S. The molecule has 0 aliphatic heterocycles. The van der Waals surface area contributed by atoms with Gasteiger partial charge in [0.2, 0.25) is 5.88 Å². The lowest BCUT2D eigenvalue weighted by molar-refractivity contribution is 0.430. The topological polar surface area (TPSA) is 139 Å². The maximum atomic E-state index is 12.0. The minimum absolute atomic E-state index is 0.116. The van der Waals surface area contributed by atoms with E-state index < -0.39 is 10.0 Å². The number of rotatable bonds is 3. The molecule has 9 heteroatoms. The van der Waals surface area contributed by atoms with E-state index in [0.717, 1.165) is 0 Å². The lowest BCUT2D eigenvalue weighted by Crippen LogP contribution is -2.13. The summed E-state index contributed by atoms with van der Waals surface area (Å²) >= 11 is 0. The van der Waals surface area contributed by atoms with Crippen LogP contribution in [0.1, 0.15) is 11.3 Å². The quantitative estimate of drug-likeness (QED) is 0.335. The van der Waals surface area contributed by atoms with Gasteiger partial charge in [0.1, 0.15) is 11.5 Å². The number of hydrogen-bond acceptors (Lipinski definition) is 7. The van der Waals surface area contributed by atoms with Gasteiger partial charge in [0.05, 0.1) is 10.6 Å². The van der Waals surface area contributed by atoms with Gasteiger partial charge in [-0.2, -0.15) is 0 Å². The highest BCUT2D eigenvalue weighted by Crippen LogP contribution is 2.22. The SMILES string of the molecule is Cc1noc(NS(=O)(=O)c2ccc(N)cc2)c1C.Oc1ccccc1.Oc1ccccc1. The molecule has 0 unspecified atom stereocenters. The van der Waals surface area contributed by atoms with Crippen molar-refractivity contribution >= 4 is 21.6 Å². The number of hydrogen-bond donors (Lipinski definition) is 4. The number of nitrogens with two attached hydrogens (primary N) is 1. The molecule has 0 amide bonds. The van der Waals surface area contributed by atoms with Crippen LogP contribution in [0.15, 0.2) is 94.3 Å². The molecule has 0 aliphatic rings. The third kappa shape index (κ3) is 7.69. The van der Waals surface area contributed by atoms with Crippen LogP contribution in [-0.2, 0) is 10.0 Å². The van der Waals surface area contributed by atoms with Crippen LogP contribution in [0.2, 0.25) is 0 Å². The minimum atomic E-state index is -3.68. The molecule has 8 nitrogen and oxygen atoms in total. The Labute approximate surface area is 187 Å². The summed E-state index contributed by atoms with van der Waals surface area (Å²) in [4.78, 5) is 0.116. The van der Waals surface area contributed by atoms with Crippen LogP contribution >= 0.6 is 0 Å². The zero-order valence-corrected chi connectivity index (χ0v) is 18.5. The van der Waals surface area contributed by atoms with Gasteiger partial charge in [-0.15, -0.1) is 0 Å². The van der Waals surface area contributed by atoms with Gasteiger partial charge in [-0.25, -0.2) is 13.1 Å². The van der Waals surface area contributed by atoms with Gasteiger partial charge in [0.15, 0.2) is 0 Å². The number of aromatic nitrogens is 1. The van der Waals surface area contributed by atoms with Gasteiger partial charge in [0.25, 0.3) is 10.0 Å². The Kier molecular flexibility index (Phi) is 8.67. The summed E-state index contributed by atoms with van der Waals surface area (Å²) in [5, 5.41) is 21.0. The smallest absolute Gasteiger partial charge is 0.264 e. The Hall–Kier alpha value is -3.98. The van der Waals surface area contributed by atoms with E-state index in [0.29, 0.717) is 28.4 Å². The van der Waals surface area contributed by atoms with Gasteiger partial charge in [-0.05, 0) is 62.4 Å². The van der Waals surface area contributed by atoms with E-state index in [1.165, 1.54) is 24.3 Å². The normalized spacial score (nSPS) is 10.2. The maximum Gasteiger partial charge on any atom is 0.264 e. The second kappa shape index (κ2) is 11.4. The molecular weight excluding hydrogens is 430 g/mol. The lowest BCUT2D eigenvalue weighted by atomic mass is 10.3. The van der Waals surface area contributed by atoms with Crippen molar-refractivity contribution in [2.45, 2.75) is 18.7 Å². The molecule has 1 aromatic heterocycles. The predicted octanol–water partition coefficient (Wildman–Crippen LogP) is 4.46. The highest BCUT2D eigenvalue weighted by atomic mass is 32.2. The van der Waals surface area contributed by atoms with E-state index in [4.69, 9.17) is 20.5 Å². The van der Waals surface area contributed by atoms with Crippen molar-refractivity contribution in [1.29, 1.82) is 0 Å². The molecule has 32 heavy (non-hydrogen) atoms. The van der Waals surface area contributed by atoms with Gasteiger partial charge in [0, 0.05) is 11.3 Å². The van der Waals surface area contributed by atoms with E-state index in [-0.39, 0.29) is 10.8 Å². The predicted molar refractivity (Wildman–Crippen MR) is 124 cm³/mol. The summed E-state index contributed by atoms with van der Waals surface area (Å²) in [5.74, 6) is 0.773. The summed E-state index contributed by atoms with van der Waals surface area (Å²) in [6.45, 7) is 3.46. The Morgan fingerprint density at radius 2 is 1.28 bits per heavy atom.